The van der Waals surface area contributed by atoms with Crippen molar-refractivity contribution >= 4 is 40.7 Å². The Balaban J connectivity index is 1.65. The summed E-state index contributed by atoms with van der Waals surface area (Å²) in [6, 6.07) is 3.56. The third kappa shape index (κ3) is 6.55. The number of hydrogen-bond acceptors (Lipinski definition) is 4. The SMILES string of the molecule is CC1=CC(C)=NC(=O)C1CNC(=O)c1cc(Cl)cc(N(C)CC2CCN(C(=O)C(C)(C)C)CC2)c1C. The molecule has 1 aromatic carbocycles. The normalized spacial score (nSPS) is 19.1. The number of aliphatic imine (C=N–C) groups is 1. The lowest BCUT2D eigenvalue weighted by molar-refractivity contribution is -0.140. The fourth-order valence-electron chi connectivity index (χ4n) is 5.02. The lowest BCUT2D eigenvalue weighted by Gasteiger charge is -2.37. The molecule has 0 bridgehead atoms. The molecule has 3 amide bonds. The summed E-state index contributed by atoms with van der Waals surface area (Å²) >= 11 is 6.43. The molecule has 1 fully saturated rings. The van der Waals surface area contributed by atoms with Crippen molar-refractivity contribution in [1.29, 1.82) is 0 Å². The topological polar surface area (TPSA) is 82.1 Å². The second-order valence-corrected chi connectivity index (χ2v) is 11.6. The van der Waals surface area contributed by atoms with E-state index in [2.05, 4.69) is 15.2 Å². The third-order valence-electron chi connectivity index (χ3n) is 7.11. The Bertz CT molecular complexity index is 1090. The van der Waals surface area contributed by atoms with Crippen LogP contribution in [-0.4, -0.2) is 61.6 Å². The highest BCUT2D eigenvalue weighted by Gasteiger charge is 2.31. The van der Waals surface area contributed by atoms with Gasteiger partial charge in [-0.25, -0.2) is 4.99 Å². The van der Waals surface area contributed by atoms with E-state index in [1.807, 2.05) is 58.7 Å². The third-order valence-corrected chi connectivity index (χ3v) is 7.33. The molecule has 0 spiro atoms. The molecule has 1 aromatic rings. The van der Waals surface area contributed by atoms with Gasteiger partial charge in [0.05, 0.1) is 5.92 Å². The van der Waals surface area contributed by atoms with Crippen molar-refractivity contribution in [2.45, 2.75) is 54.4 Å². The molecule has 1 saturated heterocycles. The van der Waals surface area contributed by atoms with Crippen molar-refractivity contribution in [2.75, 3.05) is 38.1 Å². The summed E-state index contributed by atoms with van der Waals surface area (Å²) in [7, 11) is 2.02. The molecule has 196 valence electrons. The molecule has 7 nitrogen and oxygen atoms in total. The lowest BCUT2D eigenvalue weighted by atomic mass is 9.90. The summed E-state index contributed by atoms with van der Waals surface area (Å²) in [4.78, 5) is 46.1. The van der Waals surface area contributed by atoms with Gasteiger partial charge in [-0.3, -0.25) is 14.4 Å². The van der Waals surface area contributed by atoms with Gasteiger partial charge in [-0.2, -0.15) is 0 Å². The summed E-state index contributed by atoms with van der Waals surface area (Å²) in [5.41, 5.74) is 3.47. The quantitative estimate of drug-likeness (QED) is 0.598. The first-order valence-electron chi connectivity index (χ1n) is 12.6. The van der Waals surface area contributed by atoms with Gasteiger partial charge in [-0.05, 0) is 63.3 Å². The smallest absolute Gasteiger partial charge is 0.254 e. The predicted octanol–water partition coefficient (Wildman–Crippen LogP) is 4.66. The fraction of sp³-hybridized carbons (Fsp3) is 0.571. The molecule has 1 N–H and O–H groups in total. The Morgan fingerprint density at radius 3 is 2.39 bits per heavy atom. The van der Waals surface area contributed by atoms with Crippen molar-refractivity contribution in [2.24, 2.45) is 22.2 Å². The molecule has 3 rings (SSSR count). The van der Waals surface area contributed by atoms with Crippen LogP contribution in [0.2, 0.25) is 5.02 Å². The van der Waals surface area contributed by atoms with Crippen LogP contribution in [0.3, 0.4) is 0 Å². The van der Waals surface area contributed by atoms with E-state index in [0.29, 0.717) is 22.2 Å². The molecule has 2 heterocycles. The molecular formula is C28H39ClN4O3. The number of carbonyl (C=O) groups is 3. The van der Waals surface area contributed by atoms with Gasteiger partial charge in [0.15, 0.2) is 0 Å². The lowest BCUT2D eigenvalue weighted by Crippen LogP contribution is -2.45. The molecule has 0 radical (unpaired) electrons. The predicted molar refractivity (Wildman–Crippen MR) is 146 cm³/mol. The fourth-order valence-corrected chi connectivity index (χ4v) is 5.24. The molecular weight excluding hydrogens is 476 g/mol. The number of nitrogens with zero attached hydrogens (tertiary/aromatic N) is 3. The van der Waals surface area contributed by atoms with Gasteiger partial charge in [0.1, 0.15) is 0 Å². The summed E-state index contributed by atoms with van der Waals surface area (Å²) in [5.74, 6) is -0.281. The second kappa shape index (κ2) is 11.2. The molecule has 0 aliphatic carbocycles. The minimum Gasteiger partial charge on any atom is -0.374 e. The largest absolute Gasteiger partial charge is 0.374 e. The average Bonchev–Trinajstić information content (AvgIpc) is 2.78. The van der Waals surface area contributed by atoms with Gasteiger partial charge >= 0.3 is 0 Å². The number of anilines is 1. The number of nitrogens with one attached hydrogen (secondary N) is 1. The summed E-state index contributed by atoms with van der Waals surface area (Å²) < 4.78 is 0. The Morgan fingerprint density at radius 1 is 1.17 bits per heavy atom. The zero-order valence-electron chi connectivity index (χ0n) is 22.6. The van der Waals surface area contributed by atoms with Crippen LogP contribution in [0.15, 0.2) is 28.8 Å². The second-order valence-electron chi connectivity index (χ2n) is 11.2. The van der Waals surface area contributed by atoms with E-state index in [9.17, 15) is 14.4 Å². The molecule has 0 aromatic heterocycles. The van der Waals surface area contributed by atoms with Crippen molar-refractivity contribution in [3.8, 4) is 0 Å². The first-order chi connectivity index (χ1) is 16.8. The Morgan fingerprint density at radius 2 is 1.81 bits per heavy atom. The van der Waals surface area contributed by atoms with Gasteiger partial charge in [-0.1, -0.05) is 37.9 Å². The van der Waals surface area contributed by atoms with E-state index in [1.165, 1.54) is 0 Å². The maximum absolute atomic E-state index is 13.1. The van der Waals surface area contributed by atoms with Crippen molar-refractivity contribution < 1.29 is 14.4 Å². The molecule has 8 heteroatoms. The van der Waals surface area contributed by atoms with Crippen LogP contribution in [0, 0.1) is 24.2 Å². The first-order valence-corrected chi connectivity index (χ1v) is 13.0. The number of piperidine rings is 1. The number of benzene rings is 1. The monoisotopic (exact) mass is 514 g/mol. The number of rotatable bonds is 6. The minimum atomic E-state index is -0.449. The van der Waals surface area contributed by atoms with Gasteiger partial charge < -0.3 is 15.1 Å². The molecule has 2 aliphatic rings. The maximum atomic E-state index is 13.1. The zero-order chi connectivity index (χ0) is 26.8. The van der Waals surface area contributed by atoms with E-state index in [0.717, 1.165) is 49.3 Å². The summed E-state index contributed by atoms with van der Waals surface area (Å²) in [5, 5.41) is 3.39. The van der Waals surface area contributed by atoms with Crippen molar-refractivity contribution in [1.82, 2.24) is 10.2 Å². The van der Waals surface area contributed by atoms with Gasteiger partial charge in [0.25, 0.3) is 11.8 Å². The van der Waals surface area contributed by atoms with Crippen LogP contribution in [0.1, 0.15) is 63.4 Å². The molecule has 2 aliphatic heterocycles. The highest BCUT2D eigenvalue weighted by Crippen LogP contribution is 2.30. The number of amides is 3. The number of hydrogen-bond donors (Lipinski definition) is 1. The van der Waals surface area contributed by atoms with Gasteiger partial charge in [-0.15, -0.1) is 0 Å². The number of carbonyl (C=O) groups excluding carboxylic acids is 3. The van der Waals surface area contributed by atoms with Crippen molar-refractivity contribution in [3.63, 3.8) is 0 Å². The first kappa shape index (κ1) is 27.9. The maximum Gasteiger partial charge on any atom is 0.254 e. The van der Waals surface area contributed by atoms with Crippen molar-refractivity contribution in [3.05, 3.63) is 39.9 Å². The molecule has 1 unspecified atom stereocenters. The van der Waals surface area contributed by atoms with E-state index in [4.69, 9.17) is 11.6 Å². The summed E-state index contributed by atoms with van der Waals surface area (Å²) in [6.07, 6.45) is 3.77. The number of dihydropyridines is 1. The van der Waals surface area contributed by atoms with Crippen LogP contribution >= 0.6 is 11.6 Å². The number of halogens is 1. The minimum absolute atomic E-state index is 0.194. The standard InChI is InChI=1S/C28H39ClN4O3/c1-17-12-18(2)31-26(35)23(17)15-30-25(34)22-13-21(29)14-24(19(22)3)32(7)16-20-8-10-33(11-9-20)27(36)28(4,5)6/h12-14,20,23H,8-11,15-16H2,1-7H3,(H,30,34). The van der Waals surface area contributed by atoms with E-state index in [1.54, 1.807) is 13.0 Å². The average molecular weight is 515 g/mol. The van der Waals surface area contributed by atoms with Gasteiger partial charge in [0.2, 0.25) is 5.91 Å². The highest BCUT2D eigenvalue weighted by molar-refractivity contribution is 6.31. The molecule has 1 atom stereocenters. The zero-order valence-corrected chi connectivity index (χ0v) is 23.3. The van der Waals surface area contributed by atoms with Crippen LogP contribution in [-0.2, 0) is 9.59 Å². The highest BCUT2D eigenvalue weighted by atomic mass is 35.5. The Labute approximate surface area is 220 Å². The van der Waals surface area contributed by atoms with Crippen LogP contribution in [0.4, 0.5) is 5.69 Å². The molecule has 36 heavy (non-hydrogen) atoms. The van der Waals surface area contributed by atoms with Crippen LogP contribution in [0.5, 0.6) is 0 Å². The van der Waals surface area contributed by atoms with Crippen LogP contribution < -0.4 is 10.2 Å². The van der Waals surface area contributed by atoms with E-state index in [-0.39, 0.29) is 29.7 Å². The Hall–Kier alpha value is -2.67. The Kier molecular flexibility index (Phi) is 8.65. The van der Waals surface area contributed by atoms with E-state index < -0.39 is 5.92 Å². The van der Waals surface area contributed by atoms with Crippen LogP contribution in [0.25, 0.3) is 0 Å². The molecule has 0 saturated carbocycles. The number of likely N-dealkylation sites (tertiary alicyclic amines) is 1. The number of allylic oxidation sites excluding steroid dienone is 1. The van der Waals surface area contributed by atoms with Gasteiger partial charge in [0, 0.05) is 60.6 Å². The van der Waals surface area contributed by atoms with E-state index >= 15 is 0 Å². The summed E-state index contributed by atoms with van der Waals surface area (Å²) in [6.45, 7) is 14.0.